The minimum Gasteiger partial charge on any atom is -0.497 e. The van der Waals surface area contributed by atoms with E-state index in [-0.39, 0.29) is 10.9 Å². The molecule has 2 aromatic carbocycles. The topological polar surface area (TPSA) is 59.0 Å². The fourth-order valence-corrected chi connectivity index (χ4v) is 3.87. The highest BCUT2D eigenvalue weighted by Gasteiger charge is 2.32. The molecule has 1 aliphatic heterocycles. The SMILES string of the molecule is COc1ccc([C@H](C)N(C)C2=NS(=O)(=O)c3ccccc32)cc1. The lowest BCUT2D eigenvalue weighted by Crippen LogP contribution is -2.29. The van der Waals surface area contributed by atoms with E-state index in [4.69, 9.17) is 4.74 Å². The second-order valence-corrected chi connectivity index (χ2v) is 7.02. The van der Waals surface area contributed by atoms with Crippen LogP contribution < -0.4 is 4.74 Å². The van der Waals surface area contributed by atoms with Gasteiger partial charge in [-0.15, -0.1) is 4.40 Å². The van der Waals surface area contributed by atoms with Gasteiger partial charge in [0, 0.05) is 12.6 Å². The van der Waals surface area contributed by atoms with Gasteiger partial charge in [-0.2, -0.15) is 8.42 Å². The first-order chi connectivity index (χ1) is 10.9. The number of ether oxygens (including phenoxy) is 1. The maximum atomic E-state index is 12.2. The van der Waals surface area contributed by atoms with Crippen LogP contribution >= 0.6 is 0 Å². The van der Waals surface area contributed by atoms with Crippen LogP contribution in [0.3, 0.4) is 0 Å². The van der Waals surface area contributed by atoms with Gasteiger partial charge in [0.05, 0.1) is 13.2 Å². The van der Waals surface area contributed by atoms with Crippen LogP contribution in [0.15, 0.2) is 57.8 Å². The number of hydrogen-bond acceptors (Lipinski definition) is 4. The minimum absolute atomic E-state index is 0.0268. The first-order valence-electron chi connectivity index (χ1n) is 7.25. The normalized spacial score (nSPS) is 16.4. The number of methoxy groups -OCH3 is 1. The highest BCUT2D eigenvalue weighted by molar-refractivity contribution is 7.90. The van der Waals surface area contributed by atoms with Crippen LogP contribution in [0.25, 0.3) is 0 Å². The molecule has 3 rings (SSSR count). The zero-order chi connectivity index (χ0) is 16.6. The maximum absolute atomic E-state index is 12.2. The predicted molar refractivity (Wildman–Crippen MR) is 89.3 cm³/mol. The molecule has 1 aliphatic rings. The first kappa shape index (κ1) is 15.6. The van der Waals surface area contributed by atoms with Gasteiger partial charge in [0.25, 0.3) is 10.0 Å². The van der Waals surface area contributed by atoms with Crippen molar-refractivity contribution in [2.24, 2.45) is 4.40 Å². The van der Waals surface area contributed by atoms with Crippen LogP contribution in [-0.4, -0.2) is 33.3 Å². The molecule has 0 fully saturated rings. The van der Waals surface area contributed by atoms with E-state index in [0.29, 0.717) is 11.4 Å². The molecular formula is C17H18N2O3S. The molecule has 1 heterocycles. The number of fused-ring (bicyclic) bond motifs is 1. The van der Waals surface area contributed by atoms with Gasteiger partial charge < -0.3 is 9.64 Å². The van der Waals surface area contributed by atoms with E-state index in [1.165, 1.54) is 0 Å². The maximum Gasteiger partial charge on any atom is 0.285 e. The number of nitrogens with zero attached hydrogens (tertiary/aromatic N) is 2. The molecule has 0 unspecified atom stereocenters. The fraction of sp³-hybridized carbons (Fsp3) is 0.235. The van der Waals surface area contributed by atoms with Gasteiger partial charge in [-0.05, 0) is 36.8 Å². The van der Waals surface area contributed by atoms with Gasteiger partial charge in [0.15, 0.2) is 5.84 Å². The monoisotopic (exact) mass is 330 g/mol. The number of sulfonamides is 1. The second kappa shape index (κ2) is 5.70. The third-order valence-electron chi connectivity index (χ3n) is 4.13. The third-order valence-corrected chi connectivity index (χ3v) is 5.45. The van der Waals surface area contributed by atoms with Crippen molar-refractivity contribution in [2.75, 3.05) is 14.2 Å². The lowest BCUT2D eigenvalue weighted by Gasteiger charge is -2.27. The average molecular weight is 330 g/mol. The first-order valence-corrected chi connectivity index (χ1v) is 8.69. The van der Waals surface area contributed by atoms with E-state index in [0.717, 1.165) is 11.3 Å². The molecule has 23 heavy (non-hydrogen) atoms. The van der Waals surface area contributed by atoms with Crippen LogP contribution in [-0.2, 0) is 10.0 Å². The number of amidine groups is 1. The van der Waals surface area contributed by atoms with Crippen molar-refractivity contribution in [1.29, 1.82) is 0 Å². The van der Waals surface area contributed by atoms with E-state index in [1.807, 2.05) is 49.2 Å². The summed E-state index contributed by atoms with van der Waals surface area (Å²) in [4.78, 5) is 2.15. The largest absolute Gasteiger partial charge is 0.497 e. The van der Waals surface area contributed by atoms with E-state index < -0.39 is 10.0 Å². The molecule has 120 valence electrons. The fourth-order valence-electron chi connectivity index (χ4n) is 2.63. The van der Waals surface area contributed by atoms with Gasteiger partial charge in [-0.1, -0.05) is 24.3 Å². The molecule has 0 spiro atoms. The Bertz CT molecular complexity index is 858. The second-order valence-electron chi connectivity index (χ2n) is 5.45. The highest BCUT2D eigenvalue weighted by atomic mass is 32.2. The lowest BCUT2D eigenvalue weighted by molar-refractivity contribution is 0.400. The Kier molecular flexibility index (Phi) is 3.85. The van der Waals surface area contributed by atoms with Crippen LogP contribution in [0, 0.1) is 0 Å². The molecule has 0 amide bonds. The predicted octanol–water partition coefficient (Wildman–Crippen LogP) is 2.84. The molecule has 0 saturated heterocycles. The van der Waals surface area contributed by atoms with Gasteiger partial charge in [0.2, 0.25) is 0 Å². The summed E-state index contributed by atoms with van der Waals surface area (Å²) in [5.74, 6) is 1.26. The highest BCUT2D eigenvalue weighted by Crippen LogP contribution is 2.31. The summed E-state index contributed by atoms with van der Waals surface area (Å²) in [6.45, 7) is 2.01. The molecular weight excluding hydrogens is 312 g/mol. The number of hydrogen-bond donors (Lipinski definition) is 0. The van der Waals surface area contributed by atoms with Crippen LogP contribution in [0.4, 0.5) is 0 Å². The molecule has 1 atom stereocenters. The molecule has 0 bridgehead atoms. The van der Waals surface area contributed by atoms with Gasteiger partial charge in [0.1, 0.15) is 10.6 Å². The summed E-state index contributed by atoms with van der Waals surface area (Å²) in [6.07, 6.45) is 0. The zero-order valence-corrected chi connectivity index (χ0v) is 14.0. The van der Waals surface area contributed by atoms with Crippen molar-refractivity contribution < 1.29 is 13.2 Å². The Labute approximate surface area is 136 Å². The Hall–Kier alpha value is -2.34. The molecule has 0 aromatic heterocycles. The summed E-state index contributed by atoms with van der Waals surface area (Å²) in [5, 5.41) is 0. The Morgan fingerprint density at radius 2 is 1.74 bits per heavy atom. The molecule has 5 nitrogen and oxygen atoms in total. The van der Waals surface area contributed by atoms with E-state index in [2.05, 4.69) is 4.40 Å². The van der Waals surface area contributed by atoms with Crippen molar-refractivity contribution in [2.45, 2.75) is 17.9 Å². The van der Waals surface area contributed by atoms with Crippen molar-refractivity contribution in [3.63, 3.8) is 0 Å². The summed E-state index contributed by atoms with van der Waals surface area (Å²) in [6, 6.07) is 14.6. The van der Waals surface area contributed by atoms with Gasteiger partial charge >= 0.3 is 0 Å². The Morgan fingerprint density at radius 3 is 2.39 bits per heavy atom. The quantitative estimate of drug-likeness (QED) is 0.868. The molecule has 0 aliphatic carbocycles. The standard InChI is InChI=1S/C17H18N2O3S/c1-12(13-8-10-14(22-3)11-9-13)19(2)17-15-6-4-5-7-16(15)23(20,21)18-17/h4-12H,1-3H3/t12-/m0/s1. The summed E-state index contributed by atoms with van der Waals surface area (Å²) < 4.78 is 33.5. The Morgan fingerprint density at radius 1 is 1.09 bits per heavy atom. The summed E-state index contributed by atoms with van der Waals surface area (Å²) >= 11 is 0. The number of rotatable bonds is 3. The van der Waals surface area contributed by atoms with Crippen molar-refractivity contribution >= 4 is 15.9 Å². The third kappa shape index (κ3) is 2.70. The van der Waals surface area contributed by atoms with Crippen LogP contribution in [0.5, 0.6) is 5.75 Å². The molecule has 6 heteroatoms. The van der Waals surface area contributed by atoms with Crippen molar-refractivity contribution in [1.82, 2.24) is 4.90 Å². The zero-order valence-electron chi connectivity index (χ0n) is 13.2. The van der Waals surface area contributed by atoms with Crippen LogP contribution in [0.1, 0.15) is 24.1 Å². The van der Waals surface area contributed by atoms with Crippen molar-refractivity contribution in [3.8, 4) is 5.75 Å². The lowest BCUT2D eigenvalue weighted by atomic mass is 10.1. The summed E-state index contributed by atoms with van der Waals surface area (Å²) in [5.41, 5.74) is 1.70. The summed E-state index contributed by atoms with van der Waals surface area (Å²) in [7, 11) is -0.123. The van der Waals surface area contributed by atoms with Crippen LogP contribution in [0.2, 0.25) is 0 Å². The minimum atomic E-state index is -3.60. The van der Waals surface area contributed by atoms with E-state index >= 15 is 0 Å². The van der Waals surface area contributed by atoms with Crippen molar-refractivity contribution in [3.05, 3.63) is 59.7 Å². The molecule has 2 aromatic rings. The number of benzene rings is 2. The average Bonchev–Trinajstić information content (AvgIpc) is 2.85. The molecule has 0 radical (unpaired) electrons. The molecule has 0 N–H and O–H groups in total. The van der Waals surface area contributed by atoms with Gasteiger partial charge in [-0.3, -0.25) is 0 Å². The van der Waals surface area contributed by atoms with Gasteiger partial charge in [-0.25, -0.2) is 0 Å². The Balaban J connectivity index is 1.95. The molecule has 0 saturated carbocycles. The van der Waals surface area contributed by atoms with E-state index in [1.54, 1.807) is 25.3 Å². The smallest absolute Gasteiger partial charge is 0.285 e. The van der Waals surface area contributed by atoms with E-state index in [9.17, 15) is 8.42 Å².